The van der Waals surface area contributed by atoms with Gasteiger partial charge in [0.05, 0.1) is 5.56 Å². The largest absolute Gasteiger partial charge is 0.418 e. The summed E-state index contributed by atoms with van der Waals surface area (Å²) >= 11 is 0. The van der Waals surface area contributed by atoms with Crippen LogP contribution in [-0.2, 0) is 17.5 Å². The van der Waals surface area contributed by atoms with Crippen LogP contribution in [0.5, 0.6) is 0 Å². The first-order valence-electron chi connectivity index (χ1n) is 5.85. The van der Waals surface area contributed by atoms with Crippen molar-refractivity contribution < 1.29 is 22.8 Å². The Morgan fingerprint density at radius 2 is 2.15 bits per heavy atom. The summed E-state index contributed by atoms with van der Waals surface area (Å²) in [4.78, 5) is 25.5. The first-order chi connectivity index (χ1) is 9.32. The lowest BCUT2D eigenvalue weighted by atomic mass is 10.1. The van der Waals surface area contributed by atoms with Crippen LogP contribution in [0.25, 0.3) is 0 Å². The number of carbonyl (C=O) groups is 2. The maximum absolute atomic E-state index is 12.8. The van der Waals surface area contributed by atoms with Gasteiger partial charge in [-0.25, -0.2) is 5.01 Å². The number of aromatic nitrogens is 1. The van der Waals surface area contributed by atoms with Crippen molar-refractivity contribution in [1.29, 1.82) is 0 Å². The van der Waals surface area contributed by atoms with Crippen LogP contribution in [0.2, 0.25) is 0 Å². The molecule has 1 aromatic rings. The Morgan fingerprint density at radius 3 is 2.65 bits per heavy atom. The Balaban J connectivity index is 2.26. The fourth-order valence-corrected chi connectivity index (χ4v) is 2.02. The highest BCUT2D eigenvalue weighted by Gasteiger charge is 2.35. The third-order valence-corrected chi connectivity index (χ3v) is 3.13. The lowest BCUT2D eigenvalue weighted by Gasteiger charge is -2.24. The molecule has 0 aromatic carbocycles. The maximum atomic E-state index is 12.8. The van der Waals surface area contributed by atoms with E-state index in [-0.39, 0.29) is 18.7 Å². The van der Waals surface area contributed by atoms with Gasteiger partial charge in [0.15, 0.2) is 6.29 Å². The number of carbonyl (C=O) groups excluding carboxylic acids is 2. The number of hydrogen-bond donors (Lipinski definition) is 0. The maximum Gasteiger partial charge on any atom is 0.418 e. The van der Waals surface area contributed by atoms with E-state index in [1.54, 1.807) is 12.1 Å². The summed E-state index contributed by atoms with van der Waals surface area (Å²) in [6, 6.07) is 0.896. The fraction of sp³-hybridized carbons (Fsp3) is 0.417. The van der Waals surface area contributed by atoms with Crippen LogP contribution in [0.3, 0.4) is 0 Å². The van der Waals surface area contributed by atoms with Crippen LogP contribution >= 0.6 is 0 Å². The predicted molar refractivity (Wildman–Crippen MR) is 62.4 cm³/mol. The molecule has 1 aromatic heterocycles. The molecule has 0 bridgehead atoms. The number of alkyl halides is 3. The highest BCUT2D eigenvalue weighted by atomic mass is 19.4. The second kappa shape index (κ2) is 5.20. The second-order valence-electron chi connectivity index (χ2n) is 4.45. The number of hydrazine groups is 1. The van der Waals surface area contributed by atoms with Gasteiger partial charge < -0.3 is 0 Å². The highest BCUT2D eigenvalue weighted by molar-refractivity contribution is 5.77. The molecule has 8 heteroatoms. The zero-order valence-corrected chi connectivity index (χ0v) is 10.6. The summed E-state index contributed by atoms with van der Waals surface area (Å²) in [5, 5.41) is 3.00. The summed E-state index contributed by atoms with van der Waals surface area (Å²) < 4.78 is 38.4. The van der Waals surface area contributed by atoms with E-state index in [0.29, 0.717) is 18.5 Å². The van der Waals surface area contributed by atoms with E-state index in [1.165, 1.54) is 11.2 Å². The zero-order valence-electron chi connectivity index (χ0n) is 10.6. The van der Waals surface area contributed by atoms with Crippen molar-refractivity contribution in [2.24, 2.45) is 0 Å². The van der Waals surface area contributed by atoms with Gasteiger partial charge in [-0.05, 0) is 11.6 Å². The Labute approximate surface area is 113 Å². The van der Waals surface area contributed by atoms with Gasteiger partial charge in [-0.3, -0.25) is 19.6 Å². The molecule has 0 atom stereocenters. The Kier molecular flexibility index (Phi) is 3.76. The van der Waals surface area contributed by atoms with Gasteiger partial charge in [-0.1, -0.05) is 0 Å². The average molecular weight is 287 g/mol. The Morgan fingerprint density at radius 1 is 1.45 bits per heavy atom. The van der Waals surface area contributed by atoms with E-state index < -0.39 is 17.4 Å². The van der Waals surface area contributed by atoms with E-state index in [9.17, 15) is 22.8 Å². The predicted octanol–water partition coefficient (Wildman–Crippen LogP) is 1.49. The van der Waals surface area contributed by atoms with E-state index >= 15 is 0 Å². The summed E-state index contributed by atoms with van der Waals surface area (Å²) in [7, 11) is 1.56. The van der Waals surface area contributed by atoms with Gasteiger partial charge in [0.25, 0.3) is 0 Å². The van der Waals surface area contributed by atoms with E-state index in [2.05, 4.69) is 4.98 Å². The van der Waals surface area contributed by atoms with Gasteiger partial charge in [0, 0.05) is 32.8 Å². The second-order valence-corrected chi connectivity index (χ2v) is 4.45. The lowest BCUT2D eigenvalue weighted by Crippen LogP contribution is -2.35. The standard InChI is InChI=1S/C12H12F3N3O2/c1-17-11(20)2-3-18(17)6-8-4-9(12(13,14)15)10(7-19)16-5-8/h4-5,7H,2-3,6H2,1H3. The number of pyridine rings is 1. The topological polar surface area (TPSA) is 53.5 Å². The zero-order chi connectivity index (χ0) is 14.9. The molecule has 1 aliphatic rings. The quantitative estimate of drug-likeness (QED) is 0.790. The lowest BCUT2D eigenvalue weighted by molar-refractivity contribution is -0.138. The molecule has 2 rings (SSSR count). The number of aldehydes is 1. The molecule has 2 heterocycles. The molecule has 1 amide bonds. The summed E-state index contributed by atoms with van der Waals surface area (Å²) in [5.74, 6) is -0.0847. The first-order valence-corrected chi connectivity index (χ1v) is 5.85. The SMILES string of the molecule is CN1C(=O)CCN1Cc1cnc(C=O)c(C(F)(F)F)c1. The Bertz CT molecular complexity index is 545. The first kappa shape index (κ1) is 14.4. The van der Waals surface area contributed by atoms with Gasteiger partial charge in [0.2, 0.25) is 5.91 Å². The summed E-state index contributed by atoms with van der Waals surface area (Å²) in [6.45, 7) is 0.587. The molecular weight excluding hydrogens is 275 g/mol. The minimum absolute atomic E-state index is 0.0815. The molecule has 0 N–H and O–H groups in total. The van der Waals surface area contributed by atoms with Crippen LogP contribution in [-0.4, -0.2) is 40.8 Å². The molecule has 108 valence electrons. The number of halogens is 3. The van der Waals surface area contributed by atoms with E-state index in [1.807, 2.05) is 0 Å². The minimum atomic E-state index is -4.63. The molecule has 0 saturated carbocycles. The molecule has 0 unspecified atom stereocenters. The van der Waals surface area contributed by atoms with Crippen LogP contribution in [0.4, 0.5) is 13.2 Å². The third-order valence-electron chi connectivity index (χ3n) is 3.13. The van der Waals surface area contributed by atoms with Crippen molar-refractivity contribution in [3.05, 3.63) is 29.1 Å². The van der Waals surface area contributed by atoms with Crippen molar-refractivity contribution in [3.8, 4) is 0 Å². The molecule has 0 spiro atoms. The molecule has 5 nitrogen and oxygen atoms in total. The van der Waals surface area contributed by atoms with Gasteiger partial charge >= 0.3 is 6.18 Å². The minimum Gasteiger partial charge on any atom is -0.296 e. The average Bonchev–Trinajstić information content (AvgIpc) is 2.70. The highest BCUT2D eigenvalue weighted by Crippen LogP contribution is 2.31. The molecule has 0 radical (unpaired) electrons. The van der Waals surface area contributed by atoms with Crippen molar-refractivity contribution >= 4 is 12.2 Å². The third kappa shape index (κ3) is 2.79. The van der Waals surface area contributed by atoms with Crippen molar-refractivity contribution in [3.63, 3.8) is 0 Å². The molecular formula is C12H12F3N3O2. The van der Waals surface area contributed by atoms with Crippen LogP contribution in [0.15, 0.2) is 12.3 Å². The van der Waals surface area contributed by atoms with Gasteiger partial charge in [-0.2, -0.15) is 13.2 Å². The van der Waals surface area contributed by atoms with E-state index in [0.717, 1.165) is 6.07 Å². The number of amides is 1. The molecule has 0 aliphatic carbocycles. The van der Waals surface area contributed by atoms with E-state index in [4.69, 9.17) is 0 Å². The number of hydrogen-bond acceptors (Lipinski definition) is 4. The Hall–Kier alpha value is -1.96. The van der Waals surface area contributed by atoms with Gasteiger partial charge in [-0.15, -0.1) is 0 Å². The van der Waals surface area contributed by atoms with Crippen LogP contribution < -0.4 is 0 Å². The molecule has 1 saturated heterocycles. The smallest absolute Gasteiger partial charge is 0.296 e. The molecule has 20 heavy (non-hydrogen) atoms. The van der Waals surface area contributed by atoms with Crippen LogP contribution in [0.1, 0.15) is 28.0 Å². The summed E-state index contributed by atoms with van der Waals surface area (Å²) in [5.41, 5.74) is -1.39. The normalized spacial score (nSPS) is 16.8. The van der Waals surface area contributed by atoms with Crippen LogP contribution in [0, 0.1) is 0 Å². The molecule has 1 fully saturated rings. The fourth-order valence-electron chi connectivity index (χ4n) is 2.02. The van der Waals surface area contributed by atoms with Crippen molar-refractivity contribution in [2.75, 3.05) is 13.6 Å². The summed E-state index contributed by atoms with van der Waals surface area (Å²) in [6.07, 6.45) is -3.00. The molecule has 1 aliphatic heterocycles. The van der Waals surface area contributed by atoms with Gasteiger partial charge in [0.1, 0.15) is 5.69 Å². The van der Waals surface area contributed by atoms with Crippen molar-refractivity contribution in [1.82, 2.24) is 15.0 Å². The monoisotopic (exact) mass is 287 g/mol. The number of nitrogens with zero attached hydrogens (tertiary/aromatic N) is 3. The van der Waals surface area contributed by atoms with Crippen molar-refractivity contribution in [2.45, 2.75) is 19.1 Å². The number of rotatable bonds is 3.